The normalized spacial score (nSPS) is 11.0. The van der Waals surface area contributed by atoms with E-state index in [1.54, 1.807) is 0 Å². The van der Waals surface area contributed by atoms with Crippen LogP contribution in [-0.4, -0.2) is 9.49 Å². The first-order chi connectivity index (χ1) is 13.9. The molecule has 2 aromatic heterocycles. The van der Waals surface area contributed by atoms with Crippen molar-refractivity contribution < 1.29 is 51.0 Å². The summed E-state index contributed by atoms with van der Waals surface area (Å²) in [5.74, 6) is 4.37. The third kappa shape index (κ3) is 5.87. The minimum atomic E-state index is -0.398. The SMILES string of the molecule is [Cl-].[Cl-].[Zr+4].c1ccc2[cH-]c(-p3cccn3)cc2c1.c1ccc2[cH-]c(-p3cccn3)cc2c1. The summed E-state index contributed by atoms with van der Waals surface area (Å²) in [6.07, 6.45) is 3.78. The average molecular weight is 559 g/mol. The number of halogens is 2. The number of benzene rings is 2. The predicted octanol–water partition coefficient (Wildman–Crippen LogP) is 1.86. The first-order valence-corrected chi connectivity index (χ1v) is 11.9. The van der Waals surface area contributed by atoms with Crippen molar-refractivity contribution in [2.45, 2.75) is 0 Å². The average Bonchev–Trinajstić information content (AvgIpc) is 3.54. The number of rotatable bonds is 2. The van der Waals surface area contributed by atoms with Crippen LogP contribution in [0.15, 0.2) is 109 Å². The molecule has 4 aromatic carbocycles. The van der Waals surface area contributed by atoms with Gasteiger partial charge >= 0.3 is 26.2 Å². The van der Waals surface area contributed by atoms with Crippen LogP contribution in [0.2, 0.25) is 0 Å². The van der Waals surface area contributed by atoms with Crippen LogP contribution in [0.1, 0.15) is 0 Å². The number of nitrogens with zero attached hydrogens (tertiary/aromatic N) is 2. The molecule has 2 nitrogen and oxygen atoms in total. The van der Waals surface area contributed by atoms with Crippen molar-refractivity contribution in [1.82, 2.24) is 9.49 Å². The zero-order valence-corrected chi connectivity index (χ0v) is 22.2. The summed E-state index contributed by atoms with van der Waals surface area (Å²) in [5.41, 5.74) is 0. The Bertz CT molecular complexity index is 1150. The van der Waals surface area contributed by atoms with E-state index >= 15 is 0 Å². The monoisotopic (exact) mass is 556 g/mol. The summed E-state index contributed by atoms with van der Waals surface area (Å²) in [6, 6.07) is 29.9. The van der Waals surface area contributed by atoms with Crippen molar-refractivity contribution in [1.29, 1.82) is 0 Å². The molecule has 0 aliphatic heterocycles. The molecule has 0 spiro atoms. The zero-order chi connectivity index (χ0) is 18.8. The smallest absolute Gasteiger partial charge is 1.00 e. The van der Waals surface area contributed by atoms with Gasteiger partial charge in [0.05, 0.1) is 0 Å². The van der Waals surface area contributed by atoms with Gasteiger partial charge in [0.2, 0.25) is 0 Å². The Labute approximate surface area is 215 Å². The van der Waals surface area contributed by atoms with E-state index in [1.807, 2.05) is 24.5 Å². The van der Waals surface area contributed by atoms with Gasteiger partial charge in [0, 0.05) is 12.4 Å². The third-order valence-electron chi connectivity index (χ3n) is 4.74. The predicted molar refractivity (Wildman–Crippen MR) is 123 cm³/mol. The van der Waals surface area contributed by atoms with Crippen molar-refractivity contribution >= 4 is 36.9 Å². The molecule has 7 heteroatoms. The number of hydrogen-bond donors (Lipinski definition) is 0. The molecular weight excluding hydrogens is 540 g/mol. The van der Waals surface area contributed by atoms with E-state index in [0.29, 0.717) is 0 Å². The maximum atomic E-state index is 4.43. The summed E-state index contributed by atoms with van der Waals surface area (Å²) in [4.78, 5) is 0. The molecule has 2 unspecified atom stereocenters. The number of hydrogen-bond acceptors (Lipinski definition) is 2. The van der Waals surface area contributed by atoms with E-state index in [2.05, 4.69) is 93.9 Å². The molecule has 152 valence electrons. The van der Waals surface area contributed by atoms with Gasteiger partial charge in [-0.2, -0.15) is 12.1 Å². The van der Waals surface area contributed by atoms with Gasteiger partial charge in [-0.15, -0.1) is 70.1 Å². The molecule has 0 saturated carbocycles. The first-order valence-electron chi connectivity index (χ1n) is 9.18. The Morgan fingerprint density at radius 2 is 1.00 bits per heavy atom. The van der Waals surface area contributed by atoms with Gasteiger partial charge in [-0.25, -0.2) is 9.49 Å². The minimum absolute atomic E-state index is 0. The van der Waals surface area contributed by atoms with Crippen LogP contribution in [-0.2, 0) is 26.2 Å². The van der Waals surface area contributed by atoms with Gasteiger partial charge in [-0.1, -0.05) is 22.7 Å². The zero-order valence-electron chi connectivity index (χ0n) is 16.4. The molecular formula is C24H18Cl2N2P2Zr. The summed E-state index contributed by atoms with van der Waals surface area (Å²) in [7, 11) is -0.796. The number of fused-ring (bicyclic) bond motifs is 2. The quantitative estimate of drug-likeness (QED) is 0.304. The van der Waals surface area contributed by atoms with E-state index < -0.39 is 15.4 Å². The second-order valence-corrected chi connectivity index (χ2v) is 10.1. The molecule has 0 aliphatic rings. The molecule has 0 fully saturated rings. The van der Waals surface area contributed by atoms with Gasteiger partial charge < -0.3 is 24.8 Å². The molecule has 2 atom stereocenters. The summed E-state index contributed by atoms with van der Waals surface area (Å²) < 4.78 is 8.86. The second-order valence-electron chi connectivity index (χ2n) is 6.59. The largest absolute Gasteiger partial charge is 4.00 e. The molecule has 0 radical (unpaired) electrons. The fourth-order valence-corrected chi connectivity index (χ4v) is 6.15. The van der Waals surface area contributed by atoms with Crippen LogP contribution in [0.3, 0.4) is 0 Å². The minimum Gasteiger partial charge on any atom is -1.00 e. The molecule has 2 heterocycles. The van der Waals surface area contributed by atoms with Gasteiger partial charge in [-0.3, -0.25) is 0 Å². The molecule has 0 N–H and O–H groups in total. The molecule has 6 rings (SSSR count). The van der Waals surface area contributed by atoms with Crippen molar-refractivity contribution in [3.63, 3.8) is 0 Å². The van der Waals surface area contributed by atoms with E-state index in [4.69, 9.17) is 0 Å². The van der Waals surface area contributed by atoms with E-state index in [9.17, 15) is 0 Å². The third-order valence-corrected chi connectivity index (χ3v) is 7.99. The van der Waals surface area contributed by atoms with Crippen LogP contribution in [0.5, 0.6) is 0 Å². The fraction of sp³-hybridized carbons (Fsp3) is 0. The van der Waals surface area contributed by atoms with E-state index in [1.165, 1.54) is 32.2 Å². The van der Waals surface area contributed by atoms with Crippen molar-refractivity contribution in [3.05, 3.63) is 109 Å². The molecule has 0 amide bonds. The summed E-state index contributed by atoms with van der Waals surface area (Å²) >= 11 is 0. The molecule has 0 bridgehead atoms. The van der Waals surface area contributed by atoms with Gasteiger partial charge in [0.1, 0.15) is 0 Å². The molecule has 31 heavy (non-hydrogen) atoms. The van der Waals surface area contributed by atoms with Crippen molar-refractivity contribution in [2.24, 2.45) is 0 Å². The first kappa shape index (κ1) is 25.8. The van der Waals surface area contributed by atoms with Crippen LogP contribution in [0.4, 0.5) is 0 Å². The Morgan fingerprint density at radius 3 is 1.35 bits per heavy atom. The van der Waals surface area contributed by atoms with Crippen molar-refractivity contribution in [3.8, 4) is 10.6 Å². The maximum absolute atomic E-state index is 4.43. The van der Waals surface area contributed by atoms with Crippen LogP contribution in [0.25, 0.3) is 32.2 Å². The molecule has 0 aliphatic carbocycles. The Kier molecular flexibility index (Phi) is 9.96. The van der Waals surface area contributed by atoms with Crippen LogP contribution < -0.4 is 24.8 Å². The Morgan fingerprint density at radius 1 is 0.581 bits per heavy atom. The molecule has 6 aromatic rings. The number of aromatic nitrogens is 2. The topological polar surface area (TPSA) is 25.8 Å². The summed E-state index contributed by atoms with van der Waals surface area (Å²) in [6.45, 7) is 0. The van der Waals surface area contributed by atoms with Crippen LogP contribution in [0, 0.1) is 0 Å². The Balaban J connectivity index is 0.000000201. The molecule has 0 saturated heterocycles. The van der Waals surface area contributed by atoms with E-state index in [-0.39, 0.29) is 51.0 Å². The van der Waals surface area contributed by atoms with Gasteiger partial charge in [-0.05, 0) is 39.1 Å². The van der Waals surface area contributed by atoms with Gasteiger partial charge in [0.25, 0.3) is 0 Å². The summed E-state index contributed by atoms with van der Waals surface area (Å²) in [5, 5.41) is 7.99. The van der Waals surface area contributed by atoms with Crippen molar-refractivity contribution in [2.75, 3.05) is 0 Å². The van der Waals surface area contributed by atoms with Gasteiger partial charge in [0.15, 0.2) is 0 Å². The maximum Gasteiger partial charge on any atom is 4.00 e. The Hall–Kier alpha value is -1.46. The fourth-order valence-electron chi connectivity index (χ4n) is 3.38. The second kappa shape index (κ2) is 12.0. The van der Waals surface area contributed by atoms with E-state index in [0.717, 1.165) is 0 Å². The van der Waals surface area contributed by atoms with Crippen LogP contribution >= 0.6 is 15.4 Å². The standard InChI is InChI=1S/2C12H9NP.2ClH.Zr/c2*1-2-5-11-9-12(8-10(11)4-1)14-7-3-6-13-14;;;/h2*1-9H;2*1H;/q2*-1;;;+4/p-2.